The van der Waals surface area contributed by atoms with Crippen LogP contribution in [-0.2, 0) is 16.1 Å². The summed E-state index contributed by atoms with van der Waals surface area (Å²) in [6.07, 6.45) is 1.09. The van der Waals surface area contributed by atoms with E-state index in [4.69, 9.17) is 16.3 Å². The molecule has 1 fully saturated rings. The van der Waals surface area contributed by atoms with Gasteiger partial charge in [-0.3, -0.25) is 19.0 Å². The second-order valence-corrected chi connectivity index (χ2v) is 8.82. The van der Waals surface area contributed by atoms with E-state index in [1.807, 2.05) is 0 Å². The van der Waals surface area contributed by atoms with Crippen LogP contribution >= 0.6 is 11.6 Å². The molecule has 0 N–H and O–H groups in total. The quantitative estimate of drug-likeness (QED) is 0.468. The number of piperidine rings is 1. The van der Waals surface area contributed by atoms with Gasteiger partial charge in [0.05, 0.1) is 24.8 Å². The van der Waals surface area contributed by atoms with Crippen molar-refractivity contribution in [3.05, 3.63) is 91.5 Å². The monoisotopic (exact) mass is 514 g/mol. The molecule has 9 nitrogen and oxygen atoms in total. The van der Waals surface area contributed by atoms with Crippen molar-refractivity contribution in [2.24, 2.45) is 5.92 Å². The van der Waals surface area contributed by atoms with Crippen LogP contribution in [0.25, 0.3) is 5.69 Å². The van der Waals surface area contributed by atoms with Crippen molar-refractivity contribution >= 4 is 23.5 Å². The van der Waals surface area contributed by atoms with Crippen molar-refractivity contribution in [2.75, 3.05) is 19.7 Å². The number of carbonyl (C=O) groups is 2. The van der Waals surface area contributed by atoms with Gasteiger partial charge in [0.15, 0.2) is 0 Å². The van der Waals surface area contributed by atoms with Gasteiger partial charge in [0, 0.05) is 18.1 Å². The molecule has 188 valence electrons. The van der Waals surface area contributed by atoms with Gasteiger partial charge >= 0.3 is 11.7 Å². The Kier molecular flexibility index (Phi) is 7.64. The van der Waals surface area contributed by atoms with E-state index in [-0.39, 0.29) is 25.4 Å². The van der Waals surface area contributed by atoms with Gasteiger partial charge in [-0.05, 0) is 55.7 Å². The second kappa shape index (κ2) is 10.9. The van der Waals surface area contributed by atoms with Gasteiger partial charge in [-0.2, -0.15) is 9.78 Å². The fraction of sp³-hybridized carbons (Fsp3) is 0.320. The third kappa shape index (κ3) is 5.38. The minimum atomic E-state index is -0.893. The first kappa shape index (κ1) is 25.3. The SMILES string of the molecule is CCOC(=O)C1CCCN(C(=O)c2nn(-c3cccc(F)c3)c(=O)n(Cc3cccc(Cl)c3)c2=O)C1. The van der Waals surface area contributed by atoms with Gasteiger partial charge in [0.25, 0.3) is 11.5 Å². The first-order chi connectivity index (χ1) is 17.3. The fourth-order valence-electron chi connectivity index (χ4n) is 4.15. The maximum absolute atomic E-state index is 13.9. The molecule has 0 radical (unpaired) electrons. The molecule has 2 aromatic carbocycles. The minimum Gasteiger partial charge on any atom is -0.466 e. The molecule has 1 aromatic heterocycles. The lowest BCUT2D eigenvalue weighted by molar-refractivity contribution is -0.149. The van der Waals surface area contributed by atoms with E-state index in [1.165, 1.54) is 23.1 Å². The predicted octanol–water partition coefficient (Wildman–Crippen LogP) is 2.65. The number of hydrogen-bond acceptors (Lipinski definition) is 6. The van der Waals surface area contributed by atoms with Crippen molar-refractivity contribution in [1.82, 2.24) is 19.2 Å². The number of esters is 1. The van der Waals surface area contributed by atoms with Gasteiger partial charge in [-0.25, -0.2) is 9.18 Å². The number of amides is 1. The molecule has 0 aliphatic carbocycles. The second-order valence-electron chi connectivity index (χ2n) is 8.39. The van der Waals surface area contributed by atoms with E-state index in [0.29, 0.717) is 30.0 Å². The van der Waals surface area contributed by atoms with Crippen molar-refractivity contribution in [2.45, 2.75) is 26.3 Å². The smallest absolute Gasteiger partial charge is 0.352 e. The highest BCUT2D eigenvalue weighted by molar-refractivity contribution is 6.30. The summed E-state index contributed by atoms with van der Waals surface area (Å²) >= 11 is 6.06. The molecular weight excluding hydrogens is 491 g/mol. The molecule has 1 aliphatic rings. The fourth-order valence-corrected chi connectivity index (χ4v) is 4.36. The highest BCUT2D eigenvalue weighted by atomic mass is 35.5. The maximum atomic E-state index is 13.9. The summed E-state index contributed by atoms with van der Waals surface area (Å²) in [7, 11) is 0. The van der Waals surface area contributed by atoms with Gasteiger partial charge in [-0.15, -0.1) is 0 Å². The van der Waals surface area contributed by atoms with E-state index in [9.17, 15) is 23.6 Å². The summed E-state index contributed by atoms with van der Waals surface area (Å²) < 4.78 is 20.7. The summed E-state index contributed by atoms with van der Waals surface area (Å²) in [5.41, 5.74) is -1.64. The van der Waals surface area contributed by atoms with Crippen molar-refractivity contribution in [1.29, 1.82) is 0 Å². The van der Waals surface area contributed by atoms with Crippen LogP contribution in [0.15, 0.2) is 58.1 Å². The van der Waals surface area contributed by atoms with E-state index in [1.54, 1.807) is 31.2 Å². The summed E-state index contributed by atoms with van der Waals surface area (Å²) in [6.45, 7) is 2.11. The Labute approximate surface area is 210 Å². The molecule has 1 aliphatic heterocycles. The van der Waals surface area contributed by atoms with E-state index in [2.05, 4.69) is 5.10 Å². The zero-order chi connectivity index (χ0) is 25.8. The molecule has 1 unspecified atom stereocenters. The molecule has 2 heterocycles. The van der Waals surface area contributed by atoms with Crippen LogP contribution < -0.4 is 11.2 Å². The minimum absolute atomic E-state index is 0.0527. The summed E-state index contributed by atoms with van der Waals surface area (Å²) in [4.78, 5) is 53.7. The lowest BCUT2D eigenvalue weighted by Gasteiger charge is -2.31. The highest BCUT2D eigenvalue weighted by Gasteiger charge is 2.32. The lowest BCUT2D eigenvalue weighted by Crippen LogP contribution is -2.49. The predicted molar refractivity (Wildman–Crippen MR) is 130 cm³/mol. The molecule has 0 saturated carbocycles. The molecule has 1 atom stereocenters. The number of aromatic nitrogens is 3. The number of ether oxygens (including phenoxy) is 1. The standard InChI is InChI=1S/C25H24ClFN4O5/c1-2-36-24(34)17-7-5-11-29(15-17)22(32)21-23(33)30(14-16-6-3-8-18(26)12-16)25(35)31(28-21)20-10-4-9-19(27)13-20/h3-4,6,8-10,12-13,17H,2,5,7,11,14-15H2,1H3. The molecule has 11 heteroatoms. The van der Waals surface area contributed by atoms with Crippen LogP contribution in [0.5, 0.6) is 0 Å². The number of benzene rings is 2. The molecule has 1 amide bonds. The topological polar surface area (TPSA) is 104 Å². The number of rotatable bonds is 6. The number of nitrogens with zero attached hydrogens (tertiary/aromatic N) is 4. The Morgan fingerprint density at radius 1 is 1.17 bits per heavy atom. The van der Waals surface area contributed by atoms with Crippen LogP contribution in [0.1, 0.15) is 35.8 Å². The maximum Gasteiger partial charge on any atom is 0.352 e. The van der Waals surface area contributed by atoms with Crippen LogP contribution in [-0.4, -0.2) is 50.8 Å². The Hall–Kier alpha value is -3.79. The Morgan fingerprint density at radius 3 is 2.67 bits per heavy atom. The summed E-state index contributed by atoms with van der Waals surface area (Å²) in [5.74, 6) is -2.27. The molecular formula is C25H24ClFN4O5. The van der Waals surface area contributed by atoms with Gasteiger partial charge in [-0.1, -0.05) is 29.8 Å². The largest absolute Gasteiger partial charge is 0.466 e. The zero-order valence-electron chi connectivity index (χ0n) is 19.5. The molecule has 3 aromatic rings. The summed E-state index contributed by atoms with van der Waals surface area (Å²) in [6, 6.07) is 11.7. The van der Waals surface area contributed by atoms with E-state index < -0.39 is 40.6 Å². The van der Waals surface area contributed by atoms with E-state index >= 15 is 0 Å². The van der Waals surface area contributed by atoms with Crippen LogP contribution in [0.4, 0.5) is 4.39 Å². The van der Waals surface area contributed by atoms with Gasteiger partial charge in [0.2, 0.25) is 5.69 Å². The molecule has 36 heavy (non-hydrogen) atoms. The van der Waals surface area contributed by atoms with Crippen LogP contribution in [0.2, 0.25) is 5.02 Å². The normalized spacial score (nSPS) is 15.5. The number of likely N-dealkylation sites (tertiary alicyclic amines) is 1. The third-order valence-electron chi connectivity index (χ3n) is 5.87. The number of halogens is 2. The first-order valence-electron chi connectivity index (χ1n) is 11.5. The molecule has 1 saturated heterocycles. The van der Waals surface area contributed by atoms with Crippen molar-refractivity contribution < 1.29 is 18.7 Å². The van der Waals surface area contributed by atoms with Gasteiger partial charge < -0.3 is 9.64 Å². The van der Waals surface area contributed by atoms with Crippen molar-refractivity contribution in [3.8, 4) is 5.69 Å². The van der Waals surface area contributed by atoms with Crippen LogP contribution in [0, 0.1) is 11.7 Å². The Balaban J connectivity index is 1.79. The number of carbonyl (C=O) groups excluding carboxylic acids is 2. The first-order valence-corrected chi connectivity index (χ1v) is 11.9. The zero-order valence-corrected chi connectivity index (χ0v) is 20.3. The van der Waals surface area contributed by atoms with Gasteiger partial charge in [0.1, 0.15) is 5.82 Å². The lowest BCUT2D eigenvalue weighted by atomic mass is 9.98. The van der Waals surface area contributed by atoms with Crippen molar-refractivity contribution in [3.63, 3.8) is 0 Å². The molecule has 0 bridgehead atoms. The molecule has 4 rings (SSSR count). The van der Waals surface area contributed by atoms with Crippen LogP contribution in [0.3, 0.4) is 0 Å². The highest BCUT2D eigenvalue weighted by Crippen LogP contribution is 2.19. The number of hydrogen-bond donors (Lipinski definition) is 0. The average molecular weight is 515 g/mol. The Bertz CT molecular complexity index is 1420. The summed E-state index contributed by atoms with van der Waals surface area (Å²) in [5, 5.41) is 4.47. The Morgan fingerprint density at radius 2 is 1.94 bits per heavy atom. The molecule has 0 spiro atoms. The van der Waals surface area contributed by atoms with E-state index in [0.717, 1.165) is 15.3 Å². The third-order valence-corrected chi connectivity index (χ3v) is 6.11. The average Bonchev–Trinajstić information content (AvgIpc) is 2.86.